The van der Waals surface area contributed by atoms with Gasteiger partial charge in [-0.05, 0) is 26.7 Å². The van der Waals surface area contributed by atoms with Crippen molar-refractivity contribution >= 4 is 5.82 Å². The highest BCUT2D eigenvalue weighted by molar-refractivity contribution is 5.46. The summed E-state index contributed by atoms with van der Waals surface area (Å²) in [6.45, 7) is 7.19. The minimum atomic E-state index is 0.283. The number of aryl methyl sites for hydroxylation is 1. The lowest BCUT2D eigenvalue weighted by molar-refractivity contribution is 0.121. The van der Waals surface area contributed by atoms with Crippen LogP contribution in [0.15, 0.2) is 0 Å². The van der Waals surface area contributed by atoms with Crippen LogP contribution in [-0.4, -0.2) is 29.0 Å². The molecule has 0 bridgehead atoms. The van der Waals surface area contributed by atoms with E-state index in [0.29, 0.717) is 6.04 Å². The Morgan fingerprint density at radius 3 is 2.93 bits per heavy atom. The Labute approximate surface area is 90.4 Å². The minimum Gasteiger partial charge on any atom is -0.376 e. The van der Waals surface area contributed by atoms with Gasteiger partial charge >= 0.3 is 0 Å². The fraction of sp³-hybridized carbons (Fsp3) is 0.727. The van der Waals surface area contributed by atoms with Gasteiger partial charge in [-0.1, -0.05) is 6.92 Å². The molecule has 4 heteroatoms. The Hall–Kier alpha value is -1.03. The van der Waals surface area contributed by atoms with Crippen molar-refractivity contribution in [2.45, 2.75) is 45.8 Å². The fourth-order valence-electron chi connectivity index (χ4n) is 2.02. The normalized spacial score (nSPS) is 25.8. The van der Waals surface area contributed by atoms with Crippen LogP contribution >= 0.6 is 0 Å². The van der Waals surface area contributed by atoms with Crippen LogP contribution in [0.5, 0.6) is 0 Å². The molecule has 1 fully saturated rings. The number of rotatable bonds is 3. The summed E-state index contributed by atoms with van der Waals surface area (Å²) in [4.78, 5) is 0. The lowest BCUT2D eigenvalue weighted by Gasteiger charge is -2.15. The standard InChI is InChI=1S/C11H19N3O/c1-4-9-7(2)11(14-13-9)12-10-5-6-15-8(10)3/h8,10H,4-6H2,1-3H3,(H2,12,13,14)/t8-,10-/m1/s1. The third-order valence-electron chi connectivity index (χ3n) is 3.16. The highest BCUT2D eigenvalue weighted by Gasteiger charge is 2.25. The largest absolute Gasteiger partial charge is 0.376 e. The maximum absolute atomic E-state index is 5.51. The quantitative estimate of drug-likeness (QED) is 0.799. The summed E-state index contributed by atoms with van der Waals surface area (Å²) in [6.07, 6.45) is 2.35. The molecule has 0 aromatic carbocycles. The second-order valence-corrected chi connectivity index (χ2v) is 4.14. The fourth-order valence-corrected chi connectivity index (χ4v) is 2.02. The average Bonchev–Trinajstić information content (AvgIpc) is 2.77. The molecule has 2 N–H and O–H groups in total. The van der Waals surface area contributed by atoms with E-state index in [4.69, 9.17) is 4.74 Å². The topological polar surface area (TPSA) is 49.9 Å². The number of H-pyrrole nitrogens is 1. The Morgan fingerprint density at radius 1 is 1.60 bits per heavy atom. The summed E-state index contributed by atoms with van der Waals surface area (Å²) in [5.41, 5.74) is 2.45. The first-order valence-electron chi connectivity index (χ1n) is 5.64. The molecule has 1 aliphatic heterocycles. The van der Waals surface area contributed by atoms with Crippen LogP contribution in [0.1, 0.15) is 31.5 Å². The predicted octanol–water partition coefficient (Wildman–Crippen LogP) is 1.87. The van der Waals surface area contributed by atoms with Gasteiger partial charge in [0.25, 0.3) is 0 Å². The molecule has 0 spiro atoms. The first-order valence-corrected chi connectivity index (χ1v) is 5.64. The van der Waals surface area contributed by atoms with Crippen LogP contribution in [0, 0.1) is 6.92 Å². The summed E-state index contributed by atoms with van der Waals surface area (Å²) in [5, 5.41) is 10.8. The van der Waals surface area contributed by atoms with Gasteiger partial charge in [0, 0.05) is 17.9 Å². The Morgan fingerprint density at radius 2 is 2.40 bits per heavy atom. The molecular weight excluding hydrogens is 190 g/mol. The predicted molar refractivity (Wildman–Crippen MR) is 60.1 cm³/mol. The van der Waals surface area contributed by atoms with Gasteiger partial charge in [-0.3, -0.25) is 5.10 Å². The molecule has 1 aromatic heterocycles. The van der Waals surface area contributed by atoms with E-state index in [1.807, 2.05) is 0 Å². The van der Waals surface area contributed by atoms with Gasteiger partial charge in [0.1, 0.15) is 0 Å². The molecule has 2 heterocycles. The number of anilines is 1. The van der Waals surface area contributed by atoms with Crippen LogP contribution in [-0.2, 0) is 11.2 Å². The van der Waals surface area contributed by atoms with E-state index in [1.165, 1.54) is 11.3 Å². The zero-order chi connectivity index (χ0) is 10.8. The molecule has 0 amide bonds. The van der Waals surface area contributed by atoms with Crippen molar-refractivity contribution in [3.8, 4) is 0 Å². The van der Waals surface area contributed by atoms with Gasteiger partial charge in [-0.25, -0.2) is 0 Å². The minimum absolute atomic E-state index is 0.283. The smallest absolute Gasteiger partial charge is 0.151 e. The van der Waals surface area contributed by atoms with Crippen molar-refractivity contribution in [3.05, 3.63) is 11.3 Å². The van der Waals surface area contributed by atoms with E-state index in [1.54, 1.807) is 0 Å². The van der Waals surface area contributed by atoms with E-state index in [9.17, 15) is 0 Å². The van der Waals surface area contributed by atoms with Crippen molar-refractivity contribution in [2.75, 3.05) is 11.9 Å². The number of aromatic nitrogens is 2. The first-order chi connectivity index (χ1) is 7.22. The van der Waals surface area contributed by atoms with E-state index in [0.717, 1.165) is 25.3 Å². The number of nitrogens with one attached hydrogen (secondary N) is 2. The molecular formula is C11H19N3O. The van der Waals surface area contributed by atoms with E-state index < -0.39 is 0 Å². The van der Waals surface area contributed by atoms with Gasteiger partial charge in [0.15, 0.2) is 5.82 Å². The third-order valence-corrected chi connectivity index (χ3v) is 3.16. The molecule has 2 atom stereocenters. The maximum Gasteiger partial charge on any atom is 0.151 e. The lowest BCUT2D eigenvalue weighted by atomic mass is 10.1. The van der Waals surface area contributed by atoms with Crippen LogP contribution in [0.3, 0.4) is 0 Å². The monoisotopic (exact) mass is 209 g/mol. The van der Waals surface area contributed by atoms with Crippen LogP contribution < -0.4 is 5.32 Å². The zero-order valence-electron chi connectivity index (χ0n) is 9.63. The highest BCUT2D eigenvalue weighted by atomic mass is 16.5. The number of hydrogen-bond donors (Lipinski definition) is 2. The third kappa shape index (κ3) is 2.00. The van der Waals surface area contributed by atoms with Crippen molar-refractivity contribution in [2.24, 2.45) is 0 Å². The van der Waals surface area contributed by atoms with E-state index >= 15 is 0 Å². The van der Waals surface area contributed by atoms with Crippen molar-refractivity contribution in [1.29, 1.82) is 0 Å². The van der Waals surface area contributed by atoms with Gasteiger partial charge in [-0.15, -0.1) is 0 Å². The highest BCUT2D eigenvalue weighted by Crippen LogP contribution is 2.21. The molecule has 84 valence electrons. The second kappa shape index (κ2) is 4.23. The van der Waals surface area contributed by atoms with Crippen LogP contribution in [0.25, 0.3) is 0 Å². The van der Waals surface area contributed by atoms with E-state index in [2.05, 4.69) is 36.3 Å². The van der Waals surface area contributed by atoms with Crippen molar-refractivity contribution in [3.63, 3.8) is 0 Å². The molecule has 4 nitrogen and oxygen atoms in total. The number of aromatic amines is 1. The summed E-state index contributed by atoms with van der Waals surface area (Å²) in [7, 11) is 0. The molecule has 0 aliphatic carbocycles. The Kier molecular flexibility index (Phi) is 2.95. The average molecular weight is 209 g/mol. The molecule has 0 unspecified atom stereocenters. The molecule has 1 saturated heterocycles. The molecule has 0 radical (unpaired) electrons. The maximum atomic E-state index is 5.51. The van der Waals surface area contributed by atoms with Crippen molar-refractivity contribution in [1.82, 2.24) is 10.2 Å². The second-order valence-electron chi connectivity index (χ2n) is 4.14. The summed E-state index contributed by atoms with van der Waals surface area (Å²) < 4.78 is 5.51. The molecule has 1 aromatic rings. The summed E-state index contributed by atoms with van der Waals surface area (Å²) >= 11 is 0. The summed E-state index contributed by atoms with van der Waals surface area (Å²) in [5.74, 6) is 0.981. The number of nitrogens with zero attached hydrogens (tertiary/aromatic N) is 1. The van der Waals surface area contributed by atoms with Crippen LogP contribution in [0.2, 0.25) is 0 Å². The molecule has 15 heavy (non-hydrogen) atoms. The first kappa shape index (κ1) is 10.5. The zero-order valence-corrected chi connectivity index (χ0v) is 9.63. The lowest BCUT2D eigenvalue weighted by Crippen LogP contribution is -2.27. The molecule has 2 rings (SSSR count). The SMILES string of the molecule is CCc1[nH]nc(N[C@@H]2CCO[C@@H]2C)c1C. The number of hydrogen-bond acceptors (Lipinski definition) is 3. The Bertz CT molecular complexity index is 335. The van der Waals surface area contributed by atoms with Gasteiger partial charge in [0.05, 0.1) is 12.1 Å². The molecule has 0 saturated carbocycles. The molecule has 1 aliphatic rings. The van der Waals surface area contributed by atoms with Gasteiger partial charge in [0.2, 0.25) is 0 Å². The van der Waals surface area contributed by atoms with Crippen molar-refractivity contribution < 1.29 is 4.74 Å². The van der Waals surface area contributed by atoms with Gasteiger partial charge < -0.3 is 10.1 Å². The summed E-state index contributed by atoms with van der Waals surface area (Å²) in [6, 6.07) is 0.400. The van der Waals surface area contributed by atoms with E-state index in [-0.39, 0.29) is 6.10 Å². The number of ether oxygens (including phenoxy) is 1. The van der Waals surface area contributed by atoms with Crippen LogP contribution in [0.4, 0.5) is 5.82 Å². The Balaban J connectivity index is 2.07. The van der Waals surface area contributed by atoms with Gasteiger partial charge in [-0.2, -0.15) is 5.10 Å².